The number of carboxylic acids is 1. The van der Waals surface area contributed by atoms with Crippen LogP contribution in [0.5, 0.6) is 5.75 Å². The van der Waals surface area contributed by atoms with Crippen molar-refractivity contribution in [2.24, 2.45) is 0 Å². The lowest BCUT2D eigenvalue weighted by Gasteiger charge is -2.24. The SMILES string of the molecule is Cc1nc2cccc(OC3CCOCC3)c2c(N)c1C(=O)O. The smallest absolute Gasteiger partial charge is 0.339 e. The van der Waals surface area contributed by atoms with Crippen LogP contribution in [0.3, 0.4) is 0 Å². The highest BCUT2D eigenvalue weighted by molar-refractivity contribution is 6.06. The van der Waals surface area contributed by atoms with E-state index in [1.807, 2.05) is 6.07 Å². The van der Waals surface area contributed by atoms with Crippen molar-refractivity contribution in [2.75, 3.05) is 18.9 Å². The van der Waals surface area contributed by atoms with Crippen molar-refractivity contribution in [1.82, 2.24) is 4.98 Å². The molecule has 1 fully saturated rings. The van der Waals surface area contributed by atoms with Crippen molar-refractivity contribution >= 4 is 22.6 Å². The maximum absolute atomic E-state index is 11.4. The Morgan fingerprint density at radius 2 is 2.14 bits per heavy atom. The van der Waals surface area contributed by atoms with Gasteiger partial charge in [0.25, 0.3) is 0 Å². The number of pyridine rings is 1. The number of aromatic carboxylic acids is 1. The molecule has 1 aliphatic rings. The van der Waals surface area contributed by atoms with Gasteiger partial charge in [-0.2, -0.15) is 0 Å². The minimum atomic E-state index is -1.08. The van der Waals surface area contributed by atoms with Gasteiger partial charge < -0.3 is 20.3 Å². The first-order valence-electron chi connectivity index (χ1n) is 7.24. The summed E-state index contributed by atoms with van der Waals surface area (Å²) in [6, 6.07) is 5.45. The molecule has 0 radical (unpaired) electrons. The number of carboxylic acid groups (broad SMARTS) is 1. The normalized spacial score (nSPS) is 15.9. The Kier molecular flexibility index (Phi) is 3.85. The van der Waals surface area contributed by atoms with Crippen LogP contribution in [0.2, 0.25) is 0 Å². The lowest BCUT2D eigenvalue weighted by molar-refractivity contribution is 0.0262. The van der Waals surface area contributed by atoms with Gasteiger partial charge in [-0.05, 0) is 19.1 Å². The quantitative estimate of drug-likeness (QED) is 0.904. The van der Waals surface area contributed by atoms with Crippen molar-refractivity contribution in [3.63, 3.8) is 0 Å². The molecule has 116 valence electrons. The molecule has 2 heterocycles. The minimum absolute atomic E-state index is 0.0375. The monoisotopic (exact) mass is 302 g/mol. The number of nitrogens with zero attached hydrogens (tertiary/aromatic N) is 1. The van der Waals surface area contributed by atoms with Crippen LogP contribution in [0.25, 0.3) is 10.9 Å². The summed E-state index contributed by atoms with van der Waals surface area (Å²) >= 11 is 0. The zero-order chi connectivity index (χ0) is 15.7. The molecule has 0 amide bonds. The molecule has 1 aromatic carbocycles. The number of aryl methyl sites for hydroxylation is 1. The van der Waals surface area contributed by atoms with E-state index in [4.69, 9.17) is 15.2 Å². The third-order valence-corrected chi connectivity index (χ3v) is 3.87. The number of nitrogen functional groups attached to an aromatic ring is 1. The zero-order valence-electron chi connectivity index (χ0n) is 12.3. The van der Waals surface area contributed by atoms with E-state index in [0.29, 0.717) is 35.6 Å². The number of hydrogen-bond acceptors (Lipinski definition) is 5. The van der Waals surface area contributed by atoms with Crippen molar-refractivity contribution in [3.8, 4) is 5.75 Å². The first-order valence-corrected chi connectivity index (χ1v) is 7.24. The van der Waals surface area contributed by atoms with E-state index >= 15 is 0 Å². The van der Waals surface area contributed by atoms with Gasteiger partial charge in [0, 0.05) is 12.8 Å². The van der Waals surface area contributed by atoms with Crippen LogP contribution in [-0.2, 0) is 4.74 Å². The van der Waals surface area contributed by atoms with Crippen molar-refractivity contribution in [2.45, 2.75) is 25.9 Å². The Morgan fingerprint density at radius 1 is 1.41 bits per heavy atom. The number of hydrogen-bond donors (Lipinski definition) is 2. The molecule has 2 aromatic rings. The molecule has 6 nitrogen and oxygen atoms in total. The number of nitrogens with two attached hydrogens (primary N) is 1. The van der Waals surface area contributed by atoms with Crippen LogP contribution in [0.15, 0.2) is 18.2 Å². The Labute approximate surface area is 127 Å². The molecule has 1 saturated heterocycles. The summed E-state index contributed by atoms with van der Waals surface area (Å²) < 4.78 is 11.4. The predicted molar refractivity (Wildman–Crippen MR) is 82.3 cm³/mol. The maximum atomic E-state index is 11.4. The topological polar surface area (TPSA) is 94.7 Å². The van der Waals surface area contributed by atoms with Gasteiger partial charge in [-0.25, -0.2) is 4.79 Å². The largest absolute Gasteiger partial charge is 0.489 e. The summed E-state index contributed by atoms with van der Waals surface area (Å²) in [6.45, 7) is 2.98. The van der Waals surface area contributed by atoms with E-state index in [9.17, 15) is 9.90 Å². The Morgan fingerprint density at radius 3 is 2.82 bits per heavy atom. The average molecular weight is 302 g/mol. The van der Waals surface area contributed by atoms with Crippen molar-refractivity contribution < 1.29 is 19.4 Å². The number of rotatable bonds is 3. The third-order valence-electron chi connectivity index (χ3n) is 3.87. The molecular weight excluding hydrogens is 284 g/mol. The highest BCUT2D eigenvalue weighted by Gasteiger charge is 2.21. The second-order valence-corrected chi connectivity index (χ2v) is 5.37. The predicted octanol–water partition coefficient (Wildman–Crippen LogP) is 2.38. The van der Waals surface area contributed by atoms with E-state index in [1.54, 1.807) is 19.1 Å². The molecule has 1 aromatic heterocycles. The Balaban J connectivity index is 2.10. The lowest BCUT2D eigenvalue weighted by Crippen LogP contribution is -2.26. The van der Waals surface area contributed by atoms with Crippen molar-refractivity contribution in [3.05, 3.63) is 29.5 Å². The van der Waals surface area contributed by atoms with E-state index in [0.717, 1.165) is 12.8 Å². The number of fused-ring (bicyclic) bond motifs is 1. The summed E-state index contributed by atoms with van der Waals surface area (Å²) in [7, 11) is 0. The van der Waals surface area contributed by atoms with Gasteiger partial charge in [0.1, 0.15) is 17.4 Å². The summed E-state index contributed by atoms with van der Waals surface area (Å²) in [5.41, 5.74) is 7.39. The fourth-order valence-corrected chi connectivity index (χ4v) is 2.78. The number of aromatic nitrogens is 1. The molecule has 1 aliphatic heterocycles. The molecule has 0 atom stereocenters. The van der Waals surface area contributed by atoms with Crippen LogP contribution in [0.1, 0.15) is 28.9 Å². The van der Waals surface area contributed by atoms with E-state index < -0.39 is 5.97 Å². The second-order valence-electron chi connectivity index (χ2n) is 5.37. The average Bonchev–Trinajstić information content (AvgIpc) is 2.47. The summed E-state index contributed by atoms with van der Waals surface area (Å²) in [5.74, 6) is -0.498. The molecular formula is C16H18N2O4. The molecule has 6 heteroatoms. The van der Waals surface area contributed by atoms with Crippen LogP contribution in [0, 0.1) is 6.92 Å². The van der Waals surface area contributed by atoms with Gasteiger partial charge in [-0.15, -0.1) is 0 Å². The molecule has 0 aliphatic carbocycles. The van der Waals surface area contributed by atoms with Gasteiger partial charge >= 0.3 is 5.97 Å². The van der Waals surface area contributed by atoms with Crippen LogP contribution < -0.4 is 10.5 Å². The fourth-order valence-electron chi connectivity index (χ4n) is 2.78. The molecule has 3 N–H and O–H groups in total. The number of anilines is 1. The molecule has 0 saturated carbocycles. The van der Waals surface area contributed by atoms with Gasteiger partial charge in [0.2, 0.25) is 0 Å². The maximum Gasteiger partial charge on any atom is 0.339 e. The molecule has 0 spiro atoms. The highest BCUT2D eigenvalue weighted by atomic mass is 16.5. The van der Waals surface area contributed by atoms with E-state index in [-0.39, 0.29) is 17.4 Å². The number of benzene rings is 1. The summed E-state index contributed by atoms with van der Waals surface area (Å²) in [6.07, 6.45) is 1.66. The van der Waals surface area contributed by atoms with Crippen LogP contribution in [0.4, 0.5) is 5.69 Å². The fraction of sp³-hybridized carbons (Fsp3) is 0.375. The standard InChI is InChI=1S/C16H18N2O4/c1-9-13(16(19)20)15(17)14-11(18-9)3-2-4-12(14)22-10-5-7-21-8-6-10/h2-4,10H,5-8H2,1H3,(H2,17,18)(H,19,20). The Hall–Kier alpha value is -2.34. The van der Waals surface area contributed by atoms with Crippen molar-refractivity contribution in [1.29, 1.82) is 0 Å². The highest BCUT2D eigenvalue weighted by Crippen LogP contribution is 2.34. The van der Waals surface area contributed by atoms with Crippen LogP contribution >= 0.6 is 0 Å². The lowest BCUT2D eigenvalue weighted by atomic mass is 10.1. The second kappa shape index (κ2) is 5.81. The van der Waals surface area contributed by atoms with Gasteiger partial charge in [-0.3, -0.25) is 4.98 Å². The third kappa shape index (κ3) is 2.57. The number of carbonyl (C=O) groups is 1. The van der Waals surface area contributed by atoms with Gasteiger partial charge in [-0.1, -0.05) is 6.07 Å². The first-order chi connectivity index (χ1) is 10.6. The summed E-state index contributed by atoms with van der Waals surface area (Å²) in [5, 5.41) is 9.91. The minimum Gasteiger partial charge on any atom is -0.489 e. The molecule has 0 bridgehead atoms. The Bertz CT molecular complexity index is 724. The zero-order valence-corrected chi connectivity index (χ0v) is 12.3. The van der Waals surface area contributed by atoms with Crippen LogP contribution in [-0.4, -0.2) is 35.4 Å². The molecule has 3 rings (SSSR count). The molecule has 0 unspecified atom stereocenters. The number of ether oxygens (including phenoxy) is 2. The van der Waals surface area contributed by atoms with Gasteiger partial charge in [0.05, 0.1) is 35.5 Å². The molecule has 22 heavy (non-hydrogen) atoms. The summed E-state index contributed by atoms with van der Waals surface area (Å²) in [4.78, 5) is 15.8. The first kappa shape index (κ1) is 14.6. The van der Waals surface area contributed by atoms with E-state index in [2.05, 4.69) is 4.98 Å². The van der Waals surface area contributed by atoms with E-state index in [1.165, 1.54) is 0 Å². The van der Waals surface area contributed by atoms with Gasteiger partial charge in [0.15, 0.2) is 0 Å².